The molecule has 0 aromatic rings. The number of aliphatic hydroxyl groups is 1. The fourth-order valence-corrected chi connectivity index (χ4v) is 1.75. The molecule has 1 unspecified atom stereocenters. The topological polar surface area (TPSA) is 53.2 Å². The third-order valence-electron chi connectivity index (χ3n) is 2.86. The Bertz CT molecular complexity index is 208. The summed E-state index contributed by atoms with van der Waals surface area (Å²) in [5, 5.41) is 17.6. The average Bonchev–Trinajstić information content (AvgIpc) is 2.12. The Hall–Kier alpha value is -0.590. The molecule has 1 rings (SSSR count). The molecule has 1 aliphatic carbocycles. The Labute approximate surface area is 85.7 Å². The molecule has 3 heteroatoms. The first-order valence-electron chi connectivity index (χ1n) is 5.36. The summed E-state index contributed by atoms with van der Waals surface area (Å²) >= 11 is 0. The highest BCUT2D eigenvalue weighted by Gasteiger charge is 2.31. The normalized spacial score (nSPS) is 20.9. The molecule has 1 N–H and O–H groups in total. The molecule has 14 heavy (non-hydrogen) atoms. The number of hydrogen-bond donors (Lipinski definition) is 1. The van der Waals surface area contributed by atoms with Crippen LogP contribution in [-0.2, 0) is 4.74 Å². The van der Waals surface area contributed by atoms with Gasteiger partial charge in [0.05, 0.1) is 12.7 Å². The molecular formula is C11H19NO2. The zero-order valence-corrected chi connectivity index (χ0v) is 8.83. The molecule has 1 atom stereocenters. The smallest absolute Gasteiger partial charge is 0.151 e. The van der Waals surface area contributed by atoms with Crippen LogP contribution in [0.15, 0.2) is 0 Å². The Morgan fingerprint density at radius 2 is 2.29 bits per heavy atom. The van der Waals surface area contributed by atoms with Crippen LogP contribution < -0.4 is 0 Å². The van der Waals surface area contributed by atoms with Crippen molar-refractivity contribution in [2.75, 3.05) is 13.2 Å². The van der Waals surface area contributed by atoms with Crippen LogP contribution in [0.25, 0.3) is 0 Å². The SMILES string of the molecule is CC(C#N)(CC1CCC1)OCCCO. The lowest BCUT2D eigenvalue weighted by Gasteiger charge is -2.32. The fraction of sp³-hybridized carbons (Fsp3) is 0.909. The van der Waals surface area contributed by atoms with Gasteiger partial charge < -0.3 is 9.84 Å². The quantitative estimate of drug-likeness (QED) is 0.661. The van der Waals surface area contributed by atoms with E-state index in [2.05, 4.69) is 6.07 Å². The molecule has 3 nitrogen and oxygen atoms in total. The molecule has 0 saturated heterocycles. The second-order valence-corrected chi connectivity index (χ2v) is 4.27. The van der Waals surface area contributed by atoms with Gasteiger partial charge in [0.25, 0.3) is 0 Å². The first-order chi connectivity index (χ1) is 6.70. The van der Waals surface area contributed by atoms with Gasteiger partial charge in [0.1, 0.15) is 0 Å². The van der Waals surface area contributed by atoms with E-state index in [0.717, 1.165) is 6.42 Å². The zero-order valence-electron chi connectivity index (χ0n) is 8.83. The molecule has 1 fully saturated rings. The minimum absolute atomic E-state index is 0.130. The molecule has 0 spiro atoms. The van der Waals surface area contributed by atoms with E-state index in [-0.39, 0.29) is 6.61 Å². The van der Waals surface area contributed by atoms with Gasteiger partial charge in [0, 0.05) is 6.61 Å². The third kappa shape index (κ3) is 3.28. The highest BCUT2D eigenvalue weighted by atomic mass is 16.5. The summed E-state index contributed by atoms with van der Waals surface area (Å²) in [6.45, 7) is 2.46. The van der Waals surface area contributed by atoms with Crippen LogP contribution in [0.1, 0.15) is 39.0 Å². The molecule has 1 aliphatic rings. The van der Waals surface area contributed by atoms with E-state index in [1.807, 2.05) is 6.92 Å². The molecular weight excluding hydrogens is 178 g/mol. The summed E-state index contributed by atoms with van der Waals surface area (Å²) in [5.74, 6) is 0.675. The maximum atomic E-state index is 9.02. The van der Waals surface area contributed by atoms with Crippen molar-refractivity contribution in [1.82, 2.24) is 0 Å². The standard InChI is InChI=1S/C11H19NO2/c1-11(9-12,14-7-3-6-13)8-10-4-2-5-10/h10,13H,2-8H2,1H3. The monoisotopic (exact) mass is 197 g/mol. The zero-order chi connectivity index (χ0) is 10.4. The van der Waals surface area contributed by atoms with Gasteiger partial charge >= 0.3 is 0 Å². The minimum atomic E-state index is -0.639. The average molecular weight is 197 g/mol. The molecule has 0 heterocycles. The van der Waals surface area contributed by atoms with Crippen molar-refractivity contribution in [2.24, 2.45) is 5.92 Å². The third-order valence-corrected chi connectivity index (χ3v) is 2.86. The molecule has 0 radical (unpaired) electrons. The van der Waals surface area contributed by atoms with Crippen molar-refractivity contribution >= 4 is 0 Å². The van der Waals surface area contributed by atoms with Crippen molar-refractivity contribution in [1.29, 1.82) is 5.26 Å². The van der Waals surface area contributed by atoms with Gasteiger partial charge in [-0.25, -0.2) is 0 Å². The van der Waals surface area contributed by atoms with Crippen molar-refractivity contribution < 1.29 is 9.84 Å². The van der Waals surface area contributed by atoms with E-state index in [4.69, 9.17) is 15.1 Å². The molecule has 80 valence electrons. The number of rotatable bonds is 6. The fourth-order valence-electron chi connectivity index (χ4n) is 1.75. The number of nitrogens with zero attached hydrogens (tertiary/aromatic N) is 1. The Kier molecular flexibility index (Phi) is 4.37. The van der Waals surface area contributed by atoms with E-state index in [0.29, 0.717) is 18.9 Å². The van der Waals surface area contributed by atoms with Gasteiger partial charge in [-0.1, -0.05) is 19.3 Å². The van der Waals surface area contributed by atoms with E-state index < -0.39 is 5.60 Å². The summed E-state index contributed by atoms with van der Waals surface area (Å²) in [7, 11) is 0. The molecule has 0 aromatic heterocycles. The lowest BCUT2D eigenvalue weighted by Crippen LogP contribution is -2.32. The predicted molar refractivity (Wildman–Crippen MR) is 53.6 cm³/mol. The van der Waals surface area contributed by atoms with Crippen LogP contribution in [-0.4, -0.2) is 23.9 Å². The van der Waals surface area contributed by atoms with E-state index in [1.54, 1.807) is 0 Å². The molecule has 0 bridgehead atoms. The van der Waals surface area contributed by atoms with Gasteiger partial charge in [-0.2, -0.15) is 5.26 Å². The van der Waals surface area contributed by atoms with Gasteiger partial charge in [-0.15, -0.1) is 0 Å². The molecule has 0 aliphatic heterocycles. The molecule has 1 saturated carbocycles. The second kappa shape index (κ2) is 5.33. The van der Waals surface area contributed by atoms with Crippen LogP contribution >= 0.6 is 0 Å². The van der Waals surface area contributed by atoms with Crippen molar-refractivity contribution in [3.05, 3.63) is 0 Å². The largest absolute Gasteiger partial charge is 0.396 e. The Morgan fingerprint density at radius 3 is 2.71 bits per heavy atom. The highest BCUT2D eigenvalue weighted by Crippen LogP contribution is 2.34. The van der Waals surface area contributed by atoms with Crippen molar-refractivity contribution in [3.8, 4) is 6.07 Å². The van der Waals surface area contributed by atoms with Crippen molar-refractivity contribution in [2.45, 2.75) is 44.6 Å². The summed E-state index contributed by atoms with van der Waals surface area (Å²) in [6, 6.07) is 2.23. The first-order valence-corrected chi connectivity index (χ1v) is 5.36. The van der Waals surface area contributed by atoms with Gasteiger partial charge in [0.2, 0.25) is 0 Å². The van der Waals surface area contributed by atoms with Crippen LogP contribution in [0, 0.1) is 17.2 Å². The van der Waals surface area contributed by atoms with Crippen LogP contribution in [0.4, 0.5) is 0 Å². The second-order valence-electron chi connectivity index (χ2n) is 4.27. The number of ether oxygens (including phenoxy) is 1. The summed E-state index contributed by atoms with van der Waals surface area (Å²) < 4.78 is 5.50. The molecule has 0 amide bonds. The summed E-state index contributed by atoms with van der Waals surface area (Å²) in [5.41, 5.74) is -0.639. The predicted octanol–water partition coefficient (Wildman–Crippen LogP) is 1.86. The van der Waals surface area contributed by atoms with E-state index in [1.165, 1.54) is 19.3 Å². The molecule has 0 aromatic carbocycles. The number of hydrogen-bond acceptors (Lipinski definition) is 3. The number of nitriles is 1. The Morgan fingerprint density at radius 1 is 1.57 bits per heavy atom. The Balaban J connectivity index is 2.28. The van der Waals surface area contributed by atoms with Crippen LogP contribution in [0.2, 0.25) is 0 Å². The maximum Gasteiger partial charge on any atom is 0.151 e. The highest BCUT2D eigenvalue weighted by molar-refractivity contribution is 5.00. The van der Waals surface area contributed by atoms with Crippen LogP contribution in [0.3, 0.4) is 0 Å². The summed E-state index contributed by atoms with van der Waals surface area (Å²) in [6.07, 6.45) is 5.22. The van der Waals surface area contributed by atoms with Gasteiger partial charge in [-0.05, 0) is 25.7 Å². The number of aliphatic hydroxyl groups excluding tert-OH is 1. The van der Waals surface area contributed by atoms with E-state index >= 15 is 0 Å². The maximum absolute atomic E-state index is 9.02. The van der Waals surface area contributed by atoms with Crippen molar-refractivity contribution in [3.63, 3.8) is 0 Å². The minimum Gasteiger partial charge on any atom is -0.396 e. The summed E-state index contributed by atoms with van der Waals surface area (Å²) in [4.78, 5) is 0. The van der Waals surface area contributed by atoms with E-state index in [9.17, 15) is 0 Å². The van der Waals surface area contributed by atoms with Crippen LogP contribution in [0.5, 0.6) is 0 Å². The van der Waals surface area contributed by atoms with Gasteiger partial charge in [-0.3, -0.25) is 0 Å². The lowest BCUT2D eigenvalue weighted by molar-refractivity contribution is -0.0190. The lowest BCUT2D eigenvalue weighted by atomic mass is 9.78. The van der Waals surface area contributed by atoms with Gasteiger partial charge in [0.15, 0.2) is 5.60 Å². The first kappa shape index (κ1) is 11.5.